The summed E-state index contributed by atoms with van der Waals surface area (Å²) < 4.78 is 14.8. The van der Waals surface area contributed by atoms with Crippen LogP contribution in [-0.4, -0.2) is 16.3 Å². The maximum Gasteiger partial charge on any atom is 0.123 e. The normalized spacial score (nSPS) is 10.8. The monoisotopic (exact) mass is 233 g/mol. The third-order valence-electron chi connectivity index (χ3n) is 2.67. The van der Waals surface area contributed by atoms with E-state index in [-0.39, 0.29) is 5.82 Å². The van der Waals surface area contributed by atoms with Crippen molar-refractivity contribution in [3.05, 3.63) is 41.8 Å². The number of hydrogen-bond donors (Lipinski definition) is 1. The molecule has 0 fully saturated rings. The first-order valence-electron chi connectivity index (χ1n) is 5.77. The molecule has 2 aromatic rings. The lowest BCUT2D eigenvalue weighted by molar-refractivity contribution is 0.627. The fraction of sp³-hybridized carbons (Fsp3) is 0.308. The smallest absolute Gasteiger partial charge is 0.123 e. The highest BCUT2D eigenvalue weighted by atomic mass is 19.1. The van der Waals surface area contributed by atoms with Crippen molar-refractivity contribution in [3.8, 4) is 11.3 Å². The molecule has 1 aromatic carbocycles. The van der Waals surface area contributed by atoms with Gasteiger partial charge in [0.05, 0.1) is 11.4 Å². The van der Waals surface area contributed by atoms with Gasteiger partial charge in [0.15, 0.2) is 0 Å². The maximum absolute atomic E-state index is 12.9. The van der Waals surface area contributed by atoms with Crippen molar-refractivity contribution in [1.82, 2.24) is 9.78 Å². The van der Waals surface area contributed by atoms with E-state index < -0.39 is 0 Å². The molecule has 0 aliphatic heterocycles. The van der Waals surface area contributed by atoms with Crippen LogP contribution >= 0.6 is 0 Å². The number of nitrogens with two attached hydrogens (primary N) is 1. The highest BCUT2D eigenvalue weighted by Gasteiger charge is 2.08. The Bertz CT molecular complexity index is 488. The van der Waals surface area contributed by atoms with Gasteiger partial charge in [-0.05, 0) is 49.4 Å². The molecule has 0 bridgehead atoms. The fourth-order valence-corrected chi connectivity index (χ4v) is 1.83. The van der Waals surface area contributed by atoms with Gasteiger partial charge in [0.1, 0.15) is 5.82 Å². The van der Waals surface area contributed by atoms with Crippen LogP contribution in [0.3, 0.4) is 0 Å². The van der Waals surface area contributed by atoms with Crippen molar-refractivity contribution in [2.45, 2.75) is 19.9 Å². The van der Waals surface area contributed by atoms with E-state index in [9.17, 15) is 4.39 Å². The van der Waals surface area contributed by atoms with Gasteiger partial charge in [-0.25, -0.2) is 4.39 Å². The van der Waals surface area contributed by atoms with E-state index in [1.165, 1.54) is 12.1 Å². The van der Waals surface area contributed by atoms with Crippen molar-refractivity contribution in [2.24, 2.45) is 5.73 Å². The van der Waals surface area contributed by atoms with Gasteiger partial charge >= 0.3 is 0 Å². The summed E-state index contributed by atoms with van der Waals surface area (Å²) in [5.74, 6) is -0.224. The van der Waals surface area contributed by atoms with Crippen LogP contribution in [0.4, 0.5) is 4.39 Å². The van der Waals surface area contributed by atoms with Gasteiger partial charge in [-0.15, -0.1) is 0 Å². The molecular formula is C13H16FN3. The molecule has 1 aromatic heterocycles. The average Bonchev–Trinajstić information content (AvgIpc) is 2.74. The SMILES string of the molecule is CCn1nc(CCN)cc1-c1ccc(F)cc1. The molecule has 0 aliphatic rings. The van der Waals surface area contributed by atoms with Crippen LogP contribution in [0.2, 0.25) is 0 Å². The lowest BCUT2D eigenvalue weighted by Crippen LogP contribution is -2.04. The maximum atomic E-state index is 12.9. The van der Waals surface area contributed by atoms with Crippen LogP contribution < -0.4 is 5.73 Å². The van der Waals surface area contributed by atoms with Crippen LogP contribution in [0.25, 0.3) is 11.3 Å². The van der Waals surface area contributed by atoms with Crippen LogP contribution in [0.1, 0.15) is 12.6 Å². The van der Waals surface area contributed by atoms with Gasteiger partial charge < -0.3 is 5.73 Å². The molecule has 3 nitrogen and oxygen atoms in total. The molecule has 2 N–H and O–H groups in total. The highest BCUT2D eigenvalue weighted by molar-refractivity contribution is 5.59. The molecule has 0 spiro atoms. The van der Waals surface area contributed by atoms with Gasteiger partial charge in [-0.2, -0.15) is 5.10 Å². The van der Waals surface area contributed by atoms with Gasteiger partial charge in [-0.1, -0.05) is 0 Å². The first-order chi connectivity index (χ1) is 8.24. The minimum atomic E-state index is -0.224. The van der Waals surface area contributed by atoms with E-state index >= 15 is 0 Å². The summed E-state index contributed by atoms with van der Waals surface area (Å²) in [6.45, 7) is 3.41. The summed E-state index contributed by atoms with van der Waals surface area (Å²) in [5, 5.41) is 4.46. The molecule has 0 aliphatic carbocycles. The number of aromatic nitrogens is 2. The molecule has 0 amide bonds. The number of benzene rings is 1. The lowest BCUT2D eigenvalue weighted by Gasteiger charge is -2.03. The largest absolute Gasteiger partial charge is 0.330 e. The molecule has 0 unspecified atom stereocenters. The molecule has 4 heteroatoms. The summed E-state index contributed by atoms with van der Waals surface area (Å²) in [6, 6.07) is 8.48. The Balaban J connectivity index is 2.39. The average molecular weight is 233 g/mol. The third-order valence-corrected chi connectivity index (χ3v) is 2.67. The minimum absolute atomic E-state index is 0.224. The third kappa shape index (κ3) is 2.53. The molecule has 17 heavy (non-hydrogen) atoms. The number of rotatable bonds is 4. The topological polar surface area (TPSA) is 43.8 Å². The van der Waals surface area contributed by atoms with E-state index in [1.807, 2.05) is 17.7 Å². The summed E-state index contributed by atoms with van der Waals surface area (Å²) in [7, 11) is 0. The van der Waals surface area contributed by atoms with Crippen LogP contribution in [-0.2, 0) is 13.0 Å². The Morgan fingerprint density at radius 1 is 1.29 bits per heavy atom. The number of aryl methyl sites for hydroxylation is 1. The Morgan fingerprint density at radius 3 is 2.59 bits per heavy atom. The van der Waals surface area contributed by atoms with E-state index in [2.05, 4.69) is 5.10 Å². The highest BCUT2D eigenvalue weighted by Crippen LogP contribution is 2.21. The second kappa shape index (κ2) is 5.10. The van der Waals surface area contributed by atoms with Crippen LogP contribution in [0, 0.1) is 5.82 Å². The zero-order valence-electron chi connectivity index (χ0n) is 9.86. The Hall–Kier alpha value is -1.68. The number of halogens is 1. The summed E-state index contributed by atoms with van der Waals surface area (Å²) in [6.07, 6.45) is 0.765. The molecule has 0 atom stereocenters. The van der Waals surface area contributed by atoms with Gasteiger partial charge in [0.2, 0.25) is 0 Å². The van der Waals surface area contributed by atoms with Crippen LogP contribution in [0.5, 0.6) is 0 Å². The van der Waals surface area contributed by atoms with E-state index in [0.29, 0.717) is 6.54 Å². The predicted molar refractivity (Wildman–Crippen MR) is 66.1 cm³/mol. The molecule has 0 saturated heterocycles. The zero-order valence-corrected chi connectivity index (χ0v) is 9.86. The molecular weight excluding hydrogens is 217 g/mol. The summed E-state index contributed by atoms with van der Waals surface area (Å²) in [5.41, 5.74) is 8.49. The fourth-order valence-electron chi connectivity index (χ4n) is 1.83. The van der Waals surface area contributed by atoms with Crippen molar-refractivity contribution < 1.29 is 4.39 Å². The second-order valence-corrected chi connectivity index (χ2v) is 3.88. The Kier molecular flexibility index (Phi) is 3.54. The number of nitrogens with zero attached hydrogens (tertiary/aromatic N) is 2. The van der Waals surface area contributed by atoms with E-state index in [4.69, 9.17) is 5.73 Å². The van der Waals surface area contributed by atoms with Crippen molar-refractivity contribution >= 4 is 0 Å². The summed E-state index contributed by atoms with van der Waals surface area (Å²) >= 11 is 0. The van der Waals surface area contributed by atoms with Gasteiger partial charge in [0, 0.05) is 13.0 Å². The molecule has 0 radical (unpaired) electrons. The predicted octanol–water partition coefficient (Wildman–Crippen LogP) is 2.21. The first kappa shape index (κ1) is 11.8. The molecule has 0 saturated carbocycles. The first-order valence-corrected chi connectivity index (χ1v) is 5.77. The van der Waals surface area contributed by atoms with Gasteiger partial charge in [-0.3, -0.25) is 4.68 Å². The minimum Gasteiger partial charge on any atom is -0.330 e. The Labute approximate surface area is 100 Å². The second-order valence-electron chi connectivity index (χ2n) is 3.88. The van der Waals surface area contributed by atoms with Crippen molar-refractivity contribution in [2.75, 3.05) is 6.54 Å². The van der Waals surface area contributed by atoms with Crippen molar-refractivity contribution in [1.29, 1.82) is 0 Å². The summed E-state index contributed by atoms with van der Waals surface area (Å²) in [4.78, 5) is 0. The molecule has 1 heterocycles. The zero-order chi connectivity index (χ0) is 12.3. The van der Waals surface area contributed by atoms with E-state index in [1.54, 1.807) is 12.1 Å². The molecule has 2 rings (SSSR count). The Morgan fingerprint density at radius 2 is 2.00 bits per heavy atom. The van der Waals surface area contributed by atoms with Crippen LogP contribution in [0.15, 0.2) is 30.3 Å². The lowest BCUT2D eigenvalue weighted by atomic mass is 10.1. The quantitative estimate of drug-likeness (QED) is 0.879. The van der Waals surface area contributed by atoms with E-state index in [0.717, 1.165) is 29.9 Å². The molecule has 90 valence electrons. The van der Waals surface area contributed by atoms with Crippen molar-refractivity contribution in [3.63, 3.8) is 0 Å². The van der Waals surface area contributed by atoms with Gasteiger partial charge in [0.25, 0.3) is 0 Å². The number of hydrogen-bond acceptors (Lipinski definition) is 2. The standard InChI is InChI=1S/C13H16FN3/c1-2-17-13(9-12(16-17)7-8-15)10-3-5-11(14)6-4-10/h3-6,9H,2,7-8,15H2,1H3.